The SMILES string of the molecule is CC(C)(C)c1cc(C=C(CS(=O)[O-])CS(=O)[O-])cc(C(C)(C)C)c1O. The molecule has 1 aromatic rings. The maximum atomic E-state index is 11.0. The molecule has 1 aromatic carbocycles. The van der Waals surface area contributed by atoms with Gasteiger partial charge in [0.1, 0.15) is 5.75 Å². The van der Waals surface area contributed by atoms with E-state index < -0.39 is 22.2 Å². The van der Waals surface area contributed by atoms with Crippen LogP contribution in [0.3, 0.4) is 0 Å². The number of rotatable bonds is 5. The Labute approximate surface area is 155 Å². The van der Waals surface area contributed by atoms with Crippen LogP contribution in [-0.2, 0) is 33.0 Å². The van der Waals surface area contributed by atoms with Crippen molar-refractivity contribution < 1.29 is 22.6 Å². The van der Waals surface area contributed by atoms with Gasteiger partial charge in [0.15, 0.2) is 0 Å². The van der Waals surface area contributed by atoms with E-state index in [1.807, 2.05) is 41.5 Å². The van der Waals surface area contributed by atoms with Crippen LogP contribution >= 0.6 is 0 Å². The van der Waals surface area contributed by atoms with Gasteiger partial charge in [-0.15, -0.1) is 0 Å². The van der Waals surface area contributed by atoms with Crippen LogP contribution in [0.5, 0.6) is 5.75 Å². The van der Waals surface area contributed by atoms with E-state index in [2.05, 4.69) is 0 Å². The number of phenolic OH excluding ortho intramolecular Hbond substituents is 1. The Kier molecular flexibility index (Phi) is 7.15. The highest BCUT2D eigenvalue weighted by atomic mass is 32.2. The van der Waals surface area contributed by atoms with Crippen molar-refractivity contribution in [3.05, 3.63) is 34.4 Å². The maximum absolute atomic E-state index is 11.0. The molecular formula is C18H26O5S2-2. The zero-order valence-corrected chi connectivity index (χ0v) is 17.2. The van der Waals surface area contributed by atoms with Crippen LogP contribution in [0.15, 0.2) is 17.7 Å². The molecule has 2 atom stereocenters. The number of hydrogen-bond donors (Lipinski definition) is 1. The molecule has 0 saturated carbocycles. The summed E-state index contributed by atoms with van der Waals surface area (Å²) in [5, 5.41) is 10.7. The van der Waals surface area contributed by atoms with E-state index in [1.54, 1.807) is 18.2 Å². The van der Waals surface area contributed by atoms with Crippen molar-refractivity contribution in [1.29, 1.82) is 0 Å². The molecule has 1 N–H and O–H groups in total. The summed E-state index contributed by atoms with van der Waals surface area (Å²) in [5.41, 5.74) is 1.79. The molecule has 0 radical (unpaired) electrons. The summed E-state index contributed by atoms with van der Waals surface area (Å²) in [7, 11) is 0. The summed E-state index contributed by atoms with van der Waals surface area (Å²) in [6.07, 6.45) is 1.58. The summed E-state index contributed by atoms with van der Waals surface area (Å²) in [6, 6.07) is 3.57. The van der Waals surface area contributed by atoms with E-state index in [0.717, 1.165) is 11.1 Å². The van der Waals surface area contributed by atoms with Crippen LogP contribution in [0.4, 0.5) is 0 Å². The zero-order chi connectivity index (χ0) is 19.6. The lowest BCUT2D eigenvalue weighted by Gasteiger charge is -2.28. The van der Waals surface area contributed by atoms with E-state index in [9.17, 15) is 22.6 Å². The normalized spacial score (nSPS) is 14.9. The molecule has 0 aliphatic rings. The van der Waals surface area contributed by atoms with Gasteiger partial charge in [0.2, 0.25) is 0 Å². The van der Waals surface area contributed by atoms with E-state index in [-0.39, 0.29) is 33.7 Å². The smallest absolute Gasteiger partial charge is 0.123 e. The van der Waals surface area contributed by atoms with Gasteiger partial charge < -0.3 is 14.2 Å². The average Bonchev–Trinajstić information content (AvgIpc) is 2.36. The van der Waals surface area contributed by atoms with Gasteiger partial charge >= 0.3 is 0 Å². The molecule has 2 unspecified atom stereocenters. The van der Waals surface area contributed by atoms with Crippen LogP contribution in [0, 0.1) is 0 Å². The Bertz CT molecular complexity index is 656. The van der Waals surface area contributed by atoms with E-state index in [0.29, 0.717) is 5.56 Å². The molecule has 0 aliphatic carbocycles. The standard InChI is InChI=1S/C18H28O5S2/c1-17(2,3)14-8-12(9-15(16(14)19)18(4,5)6)7-13(10-24(20)21)11-25(22)23/h7-9,19H,10-11H2,1-6H3,(H,20,21)(H,22,23)/p-2. The highest BCUT2D eigenvalue weighted by Crippen LogP contribution is 2.40. The molecule has 0 aromatic heterocycles. The van der Waals surface area contributed by atoms with E-state index in [4.69, 9.17) is 0 Å². The number of hydrogen-bond acceptors (Lipinski definition) is 5. The molecular weight excluding hydrogens is 360 g/mol. The lowest BCUT2D eigenvalue weighted by Crippen LogP contribution is -2.17. The van der Waals surface area contributed by atoms with Gasteiger partial charge in [0.25, 0.3) is 0 Å². The fraction of sp³-hybridized carbons (Fsp3) is 0.556. The third-order valence-corrected chi connectivity index (χ3v) is 4.94. The highest BCUT2D eigenvalue weighted by Gasteiger charge is 2.26. The van der Waals surface area contributed by atoms with Gasteiger partial charge in [-0.05, 0) is 34.1 Å². The second-order valence-corrected chi connectivity index (χ2v) is 9.96. The van der Waals surface area contributed by atoms with Crippen LogP contribution in [0.1, 0.15) is 58.2 Å². The van der Waals surface area contributed by atoms with E-state index in [1.165, 1.54) is 0 Å². The van der Waals surface area contributed by atoms with Crippen molar-refractivity contribution in [3.63, 3.8) is 0 Å². The van der Waals surface area contributed by atoms with Crippen molar-refractivity contribution in [2.75, 3.05) is 11.5 Å². The van der Waals surface area contributed by atoms with Gasteiger partial charge in [-0.25, -0.2) is 0 Å². The predicted molar refractivity (Wildman–Crippen MR) is 101 cm³/mol. The molecule has 0 heterocycles. The first kappa shape index (κ1) is 22.0. The van der Waals surface area contributed by atoms with Gasteiger partial charge in [0, 0.05) is 22.6 Å². The monoisotopic (exact) mass is 386 g/mol. The van der Waals surface area contributed by atoms with Crippen LogP contribution in [0.25, 0.3) is 6.08 Å². The molecule has 142 valence electrons. The zero-order valence-electron chi connectivity index (χ0n) is 15.5. The molecule has 0 spiro atoms. The Morgan fingerprint density at radius 2 is 1.32 bits per heavy atom. The lowest BCUT2D eigenvalue weighted by atomic mass is 9.78. The number of phenols is 1. The molecule has 1 rings (SSSR count). The number of aromatic hydroxyl groups is 1. The second kappa shape index (κ2) is 8.12. The molecule has 7 heteroatoms. The van der Waals surface area contributed by atoms with Crippen molar-refractivity contribution in [1.82, 2.24) is 0 Å². The summed E-state index contributed by atoms with van der Waals surface area (Å²) in [4.78, 5) is 0. The third kappa shape index (κ3) is 6.66. The summed E-state index contributed by atoms with van der Waals surface area (Å²) in [6.45, 7) is 11.8. The molecule has 25 heavy (non-hydrogen) atoms. The topological polar surface area (TPSA) is 100 Å². The van der Waals surface area contributed by atoms with Crippen molar-refractivity contribution >= 4 is 28.2 Å². The Morgan fingerprint density at radius 3 is 1.60 bits per heavy atom. The van der Waals surface area contributed by atoms with Crippen molar-refractivity contribution in [2.45, 2.75) is 52.4 Å². The molecule has 0 amide bonds. The Morgan fingerprint density at radius 1 is 0.960 bits per heavy atom. The summed E-state index contributed by atoms with van der Waals surface area (Å²) in [5.74, 6) is -0.465. The minimum Gasteiger partial charge on any atom is -0.772 e. The van der Waals surface area contributed by atoms with Crippen LogP contribution in [-0.4, -0.2) is 34.1 Å². The van der Waals surface area contributed by atoms with Crippen molar-refractivity contribution in [2.24, 2.45) is 0 Å². The van der Waals surface area contributed by atoms with Crippen LogP contribution < -0.4 is 0 Å². The third-order valence-electron chi connectivity index (χ3n) is 3.73. The molecule has 5 nitrogen and oxygen atoms in total. The Balaban J connectivity index is 3.60. The first-order valence-electron chi connectivity index (χ1n) is 7.91. The quantitative estimate of drug-likeness (QED) is 0.784. The first-order chi connectivity index (χ1) is 11.2. The summed E-state index contributed by atoms with van der Waals surface area (Å²) >= 11 is -4.75. The maximum Gasteiger partial charge on any atom is 0.123 e. The van der Waals surface area contributed by atoms with Crippen LogP contribution in [0.2, 0.25) is 0 Å². The van der Waals surface area contributed by atoms with Crippen molar-refractivity contribution in [3.8, 4) is 5.75 Å². The molecule has 0 saturated heterocycles. The van der Waals surface area contributed by atoms with Gasteiger partial charge in [-0.1, -0.05) is 69.8 Å². The molecule has 0 bridgehead atoms. The van der Waals surface area contributed by atoms with Gasteiger partial charge in [-0.3, -0.25) is 8.42 Å². The fourth-order valence-electron chi connectivity index (χ4n) is 2.55. The highest BCUT2D eigenvalue weighted by molar-refractivity contribution is 7.80. The minimum atomic E-state index is -2.38. The largest absolute Gasteiger partial charge is 0.772 e. The van der Waals surface area contributed by atoms with Gasteiger partial charge in [-0.2, -0.15) is 0 Å². The lowest BCUT2D eigenvalue weighted by molar-refractivity contribution is 0.423. The summed E-state index contributed by atoms with van der Waals surface area (Å²) < 4.78 is 44.0. The molecule has 0 aliphatic heterocycles. The number of benzene rings is 1. The van der Waals surface area contributed by atoms with E-state index >= 15 is 0 Å². The average molecular weight is 387 g/mol. The van der Waals surface area contributed by atoms with Gasteiger partial charge in [0.05, 0.1) is 0 Å². The molecule has 0 fully saturated rings. The predicted octanol–water partition coefficient (Wildman–Crippen LogP) is 3.13. The minimum absolute atomic E-state index is 0.221. The fourth-order valence-corrected chi connectivity index (χ4v) is 3.65. The first-order valence-corrected chi connectivity index (χ1v) is 10.4. The Hall–Kier alpha value is -1.02. The second-order valence-electron chi connectivity index (χ2n) is 8.16.